The van der Waals surface area contributed by atoms with Crippen molar-refractivity contribution < 1.29 is 0 Å². The second kappa shape index (κ2) is 3.52. The molecule has 1 aliphatic carbocycles. The number of rotatable bonds is 1. The topological polar surface area (TPSA) is 17.8 Å². The molecule has 0 unspecified atom stereocenters. The number of nitrogens with zero attached hydrogens (tertiary/aromatic N) is 2. The maximum Gasteiger partial charge on any atom is 0.105 e. The van der Waals surface area contributed by atoms with E-state index in [0.29, 0.717) is 0 Å². The molecule has 0 radical (unpaired) electrons. The fraction of sp³-hybridized carbons (Fsp3) is 0.727. The molecule has 0 N–H and O–H groups in total. The third-order valence-corrected chi connectivity index (χ3v) is 3.28. The van der Waals surface area contributed by atoms with Gasteiger partial charge in [-0.2, -0.15) is 0 Å². The van der Waals surface area contributed by atoms with Gasteiger partial charge >= 0.3 is 0 Å². The van der Waals surface area contributed by atoms with E-state index in [1.54, 1.807) is 0 Å². The lowest BCUT2D eigenvalue weighted by molar-refractivity contribution is 0.428. The molecule has 1 aromatic heterocycles. The molecule has 0 aromatic carbocycles. The summed E-state index contributed by atoms with van der Waals surface area (Å²) >= 11 is 0. The monoisotopic (exact) mass is 178 g/mol. The fourth-order valence-corrected chi connectivity index (χ4v) is 2.30. The first kappa shape index (κ1) is 8.79. The molecule has 13 heavy (non-hydrogen) atoms. The average Bonchev–Trinajstić information content (AvgIpc) is 2.49. The van der Waals surface area contributed by atoms with E-state index in [1.807, 2.05) is 0 Å². The van der Waals surface area contributed by atoms with Crippen LogP contribution in [0.25, 0.3) is 0 Å². The standard InChI is InChI=1S/C11H18N2/c1-9-12-8-11(13(9)2)10-6-4-3-5-7-10/h8,10H,3-7H2,1-2H3. The van der Waals surface area contributed by atoms with Crippen LogP contribution in [-0.2, 0) is 7.05 Å². The smallest absolute Gasteiger partial charge is 0.105 e. The van der Waals surface area contributed by atoms with Gasteiger partial charge in [0, 0.05) is 24.9 Å². The Balaban J connectivity index is 2.18. The normalized spacial score (nSPS) is 19.2. The molecule has 1 aliphatic rings. The van der Waals surface area contributed by atoms with Crippen LogP contribution in [0.4, 0.5) is 0 Å². The highest BCUT2D eigenvalue weighted by atomic mass is 15.1. The maximum absolute atomic E-state index is 4.35. The Hall–Kier alpha value is -0.790. The van der Waals surface area contributed by atoms with Gasteiger partial charge in [0.15, 0.2) is 0 Å². The second-order valence-electron chi connectivity index (χ2n) is 4.12. The van der Waals surface area contributed by atoms with E-state index in [4.69, 9.17) is 0 Å². The third-order valence-electron chi connectivity index (χ3n) is 3.28. The highest BCUT2D eigenvalue weighted by Crippen LogP contribution is 2.32. The van der Waals surface area contributed by atoms with Gasteiger partial charge in [-0.05, 0) is 19.8 Å². The van der Waals surface area contributed by atoms with Gasteiger partial charge in [-0.15, -0.1) is 0 Å². The van der Waals surface area contributed by atoms with E-state index in [-0.39, 0.29) is 0 Å². The molecule has 2 heteroatoms. The summed E-state index contributed by atoms with van der Waals surface area (Å²) in [6.07, 6.45) is 9.00. The molecule has 0 amide bonds. The summed E-state index contributed by atoms with van der Waals surface area (Å²) in [5.74, 6) is 1.92. The van der Waals surface area contributed by atoms with Crippen LogP contribution in [0.1, 0.15) is 49.5 Å². The molecule has 1 heterocycles. The second-order valence-corrected chi connectivity index (χ2v) is 4.12. The molecular formula is C11H18N2. The highest BCUT2D eigenvalue weighted by molar-refractivity contribution is 5.10. The third kappa shape index (κ3) is 1.62. The zero-order valence-electron chi connectivity index (χ0n) is 8.58. The van der Waals surface area contributed by atoms with Crippen LogP contribution >= 0.6 is 0 Å². The van der Waals surface area contributed by atoms with Crippen molar-refractivity contribution in [3.8, 4) is 0 Å². The van der Waals surface area contributed by atoms with Crippen molar-refractivity contribution in [3.63, 3.8) is 0 Å². The lowest BCUT2D eigenvalue weighted by Crippen LogP contribution is -2.09. The van der Waals surface area contributed by atoms with Gasteiger partial charge in [0.25, 0.3) is 0 Å². The zero-order valence-corrected chi connectivity index (χ0v) is 8.58. The van der Waals surface area contributed by atoms with Crippen molar-refractivity contribution in [1.29, 1.82) is 0 Å². The van der Waals surface area contributed by atoms with Crippen LogP contribution in [0.3, 0.4) is 0 Å². The summed E-state index contributed by atoms with van der Waals surface area (Å²) < 4.78 is 2.25. The number of hydrogen-bond donors (Lipinski definition) is 0. The number of aryl methyl sites for hydroxylation is 1. The predicted molar refractivity (Wildman–Crippen MR) is 53.8 cm³/mol. The lowest BCUT2D eigenvalue weighted by Gasteiger charge is -2.21. The Kier molecular flexibility index (Phi) is 2.38. The predicted octanol–water partition coefficient (Wildman–Crippen LogP) is 2.78. The maximum atomic E-state index is 4.35. The Morgan fingerprint density at radius 2 is 2.00 bits per heavy atom. The number of imidazole rings is 1. The van der Waals surface area contributed by atoms with Gasteiger partial charge in [0.05, 0.1) is 0 Å². The van der Waals surface area contributed by atoms with E-state index in [1.165, 1.54) is 37.8 Å². The molecule has 1 fully saturated rings. The van der Waals surface area contributed by atoms with Crippen LogP contribution in [0.15, 0.2) is 6.20 Å². The van der Waals surface area contributed by atoms with Gasteiger partial charge in [0.2, 0.25) is 0 Å². The van der Waals surface area contributed by atoms with Crippen molar-refractivity contribution in [2.75, 3.05) is 0 Å². The first-order chi connectivity index (χ1) is 6.29. The Morgan fingerprint density at radius 1 is 1.31 bits per heavy atom. The molecule has 72 valence electrons. The van der Waals surface area contributed by atoms with Crippen LogP contribution in [-0.4, -0.2) is 9.55 Å². The van der Waals surface area contributed by atoms with Gasteiger partial charge < -0.3 is 4.57 Å². The highest BCUT2D eigenvalue weighted by Gasteiger charge is 2.18. The molecule has 1 aromatic rings. The number of hydrogen-bond acceptors (Lipinski definition) is 1. The van der Waals surface area contributed by atoms with Gasteiger partial charge in [0.1, 0.15) is 5.82 Å². The minimum atomic E-state index is 0.778. The summed E-state index contributed by atoms with van der Waals surface area (Å²) in [6, 6.07) is 0. The summed E-state index contributed by atoms with van der Waals surface area (Å²) in [5.41, 5.74) is 1.44. The molecule has 0 saturated heterocycles. The van der Waals surface area contributed by atoms with Crippen LogP contribution in [0.5, 0.6) is 0 Å². The van der Waals surface area contributed by atoms with Crippen molar-refractivity contribution in [2.45, 2.75) is 44.9 Å². The van der Waals surface area contributed by atoms with E-state index >= 15 is 0 Å². The molecule has 2 rings (SSSR count). The van der Waals surface area contributed by atoms with Gasteiger partial charge in [-0.1, -0.05) is 19.3 Å². The zero-order chi connectivity index (χ0) is 9.26. The molecule has 1 saturated carbocycles. The van der Waals surface area contributed by atoms with Gasteiger partial charge in [-0.25, -0.2) is 4.98 Å². The Morgan fingerprint density at radius 3 is 2.54 bits per heavy atom. The van der Waals surface area contributed by atoms with E-state index < -0.39 is 0 Å². The quantitative estimate of drug-likeness (QED) is 0.646. The van der Waals surface area contributed by atoms with Crippen molar-refractivity contribution in [2.24, 2.45) is 7.05 Å². The molecular weight excluding hydrogens is 160 g/mol. The minimum Gasteiger partial charge on any atom is -0.335 e. The molecule has 2 nitrogen and oxygen atoms in total. The van der Waals surface area contributed by atoms with Crippen molar-refractivity contribution in [1.82, 2.24) is 9.55 Å². The van der Waals surface area contributed by atoms with Crippen LogP contribution in [0.2, 0.25) is 0 Å². The van der Waals surface area contributed by atoms with Crippen LogP contribution < -0.4 is 0 Å². The summed E-state index contributed by atoms with van der Waals surface area (Å²) in [4.78, 5) is 4.35. The van der Waals surface area contributed by atoms with Crippen molar-refractivity contribution >= 4 is 0 Å². The SMILES string of the molecule is Cc1ncc(C2CCCCC2)n1C. The van der Waals surface area contributed by atoms with Crippen molar-refractivity contribution in [3.05, 3.63) is 17.7 Å². The summed E-state index contributed by atoms with van der Waals surface area (Å²) in [5, 5.41) is 0. The average molecular weight is 178 g/mol. The van der Waals surface area contributed by atoms with E-state index in [0.717, 1.165) is 11.7 Å². The van der Waals surface area contributed by atoms with Gasteiger partial charge in [-0.3, -0.25) is 0 Å². The summed E-state index contributed by atoms with van der Waals surface area (Å²) in [7, 11) is 2.13. The Bertz CT molecular complexity index is 282. The first-order valence-corrected chi connectivity index (χ1v) is 5.27. The number of aromatic nitrogens is 2. The van der Waals surface area contributed by atoms with E-state index in [2.05, 4.69) is 29.7 Å². The van der Waals surface area contributed by atoms with E-state index in [9.17, 15) is 0 Å². The van der Waals surface area contributed by atoms with Crippen LogP contribution in [0, 0.1) is 6.92 Å². The first-order valence-electron chi connectivity index (χ1n) is 5.27. The molecule has 0 atom stereocenters. The summed E-state index contributed by atoms with van der Waals surface area (Å²) in [6.45, 7) is 2.08. The Labute approximate surface area is 80.0 Å². The minimum absolute atomic E-state index is 0.778. The molecule has 0 bridgehead atoms. The molecule has 0 aliphatic heterocycles. The molecule has 0 spiro atoms. The largest absolute Gasteiger partial charge is 0.335 e. The lowest BCUT2D eigenvalue weighted by atomic mass is 9.87. The fourth-order valence-electron chi connectivity index (χ4n) is 2.30.